The molecular formula is C18H22N2O2S. The van der Waals surface area contributed by atoms with Gasteiger partial charge in [-0.05, 0) is 49.9 Å². The van der Waals surface area contributed by atoms with E-state index >= 15 is 0 Å². The van der Waals surface area contributed by atoms with E-state index in [9.17, 15) is 4.79 Å². The third-order valence-corrected chi connectivity index (χ3v) is 5.43. The van der Waals surface area contributed by atoms with Gasteiger partial charge in [0, 0.05) is 30.6 Å². The largest absolute Gasteiger partial charge is 0.484 e. The molecule has 0 bridgehead atoms. The molecule has 0 atom stereocenters. The van der Waals surface area contributed by atoms with Gasteiger partial charge < -0.3 is 9.64 Å². The van der Waals surface area contributed by atoms with Crippen LogP contribution in [0.3, 0.4) is 0 Å². The van der Waals surface area contributed by atoms with E-state index in [0.717, 1.165) is 31.7 Å². The second-order valence-electron chi connectivity index (χ2n) is 6.06. The third kappa shape index (κ3) is 3.91. The molecule has 23 heavy (non-hydrogen) atoms. The van der Waals surface area contributed by atoms with Crippen molar-refractivity contribution in [2.24, 2.45) is 0 Å². The number of piperidine rings is 1. The van der Waals surface area contributed by atoms with Crippen LogP contribution >= 0.6 is 11.3 Å². The number of thiazole rings is 1. The fraction of sp³-hybridized carbons (Fsp3) is 0.444. The molecule has 4 nitrogen and oxygen atoms in total. The van der Waals surface area contributed by atoms with Crippen molar-refractivity contribution in [2.45, 2.75) is 32.6 Å². The van der Waals surface area contributed by atoms with Crippen LogP contribution in [0.15, 0.2) is 29.8 Å². The van der Waals surface area contributed by atoms with Crippen molar-refractivity contribution in [1.82, 2.24) is 9.88 Å². The molecule has 1 aromatic carbocycles. The van der Waals surface area contributed by atoms with Crippen LogP contribution in [0, 0.1) is 13.8 Å². The first-order valence-corrected chi connectivity index (χ1v) is 8.88. The maximum absolute atomic E-state index is 12.3. The molecule has 0 N–H and O–H groups in total. The second-order valence-corrected chi connectivity index (χ2v) is 6.99. The van der Waals surface area contributed by atoms with Crippen molar-refractivity contribution in [2.75, 3.05) is 19.7 Å². The van der Waals surface area contributed by atoms with E-state index in [0.29, 0.717) is 5.92 Å². The number of hydrogen-bond acceptors (Lipinski definition) is 4. The molecule has 122 valence electrons. The number of rotatable bonds is 4. The number of ether oxygens (including phenoxy) is 1. The molecule has 2 heterocycles. The van der Waals surface area contributed by atoms with Gasteiger partial charge in [0.2, 0.25) is 0 Å². The first-order chi connectivity index (χ1) is 11.1. The Bertz CT molecular complexity index is 662. The Kier molecular flexibility index (Phi) is 4.96. The topological polar surface area (TPSA) is 42.4 Å². The molecule has 1 saturated heterocycles. The molecule has 5 heteroatoms. The number of carbonyl (C=O) groups excluding carboxylic acids is 1. The Balaban J connectivity index is 1.48. The Morgan fingerprint density at radius 2 is 2.09 bits per heavy atom. The standard InChI is InChI=1S/C18H22N2O2S/c1-13-3-4-16(11-14(13)2)22-12-17(21)20-8-5-15(6-9-20)18-19-7-10-23-18/h3-4,7,10-11,15H,5-6,8-9,12H2,1-2H3. The van der Waals surface area contributed by atoms with Crippen molar-refractivity contribution < 1.29 is 9.53 Å². The van der Waals surface area contributed by atoms with Crippen molar-refractivity contribution in [3.8, 4) is 5.75 Å². The summed E-state index contributed by atoms with van der Waals surface area (Å²) in [4.78, 5) is 18.6. The second kappa shape index (κ2) is 7.13. The molecule has 1 aromatic heterocycles. The average Bonchev–Trinajstić information content (AvgIpc) is 3.10. The van der Waals surface area contributed by atoms with E-state index in [4.69, 9.17) is 4.74 Å². The van der Waals surface area contributed by atoms with Crippen molar-refractivity contribution in [1.29, 1.82) is 0 Å². The number of benzene rings is 1. The van der Waals surface area contributed by atoms with Crippen molar-refractivity contribution in [3.05, 3.63) is 45.9 Å². The van der Waals surface area contributed by atoms with Crippen LogP contribution in [0.5, 0.6) is 5.75 Å². The van der Waals surface area contributed by atoms with Crippen LogP contribution < -0.4 is 4.74 Å². The van der Waals surface area contributed by atoms with E-state index in [-0.39, 0.29) is 12.5 Å². The number of hydrogen-bond donors (Lipinski definition) is 0. The molecule has 1 amide bonds. The lowest BCUT2D eigenvalue weighted by atomic mass is 9.97. The number of likely N-dealkylation sites (tertiary alicyclic amines) is 1. The Morgan fingerprint density at radius 1 is 1.30 bits per heavy atom. The monoisotopic (exact) mass is 330 g/mol. The Morgan fingerprint density at radius 3 is 2.74 bits per heavy atom. The molecular weight excluding hydrogens is 308 g/mol. The highest BCUT2D eigenvalue weighted by Gasteiger charge is 2.25. The predicted octanol–water partition coefficient (Wildman–Crippen LogP) is 3.54. The zero-order valence-electron chi connectivity index (χ0n) is 13.6. The quantitative estimate of drug-likeness (QED) is 0.861. The van der Waals surface area contributed by atoms with Gasteiger partial charge in [0.25, 0.3) is 5.91 Å². The van der Waals surface area contributed by atoms with E-state index in [1.807, 2.05) is 41.6 Å². The first-order valence-electron chi connectivity index (χ1n) is 8.00. The fourth-order valence-corrected chi connectivity index (χ4v) is 3.66. The molecule has 3 rings (SSSR count). The normalized spacial score (nSPS) is 15.7. The third-order valence-electron chi connectivity index (χ3n) is 4.49. The SMILES string of the molecule is Cc1ccc(OCC(=O)N2CCC(c3nccs3)CC2)cc1C. The van der Waals surface area contributed by atoms with Crippen LogP contribution in [-0.2, 0) is 4.79 Å². The highest BCUT2D eigenvalue weighted by atomic mass is 32.1. The summed E-state index contributed by atoms with van der Waals surface area (Å²) in [5.41, 5.74) is 2.41. The zero-order chi connectivity index (χ0) is 16.2. The minimum atomic E-state index is 0.0702. The molecule has 1 fully saturated rings. The smallest absolute Gasteiger partial charge is 0.260 e. The fourth-order valence-electron chi connectivity index (χ4n) is 2.85. The van der Waals surface area contributed by atoms with Gasteiger partial charge in [-0.15, -0.1) is 11.3 Å². The summed E-state index contributed by atoms with van der Waals surface area (Å²) < 4.78 is 5.65. The van der Waals surface area contributed by atoms with E-state index in [1.54, 1.807) is 11.3 Å². The number of carbonyl (C=O) groups is 1. The Hall–Kier alpha value is -1.88. The van der Waals surface area contributed by atoms with Crippen molar-refractivity contribution >= 4 is 17.2 Å². The van der Waals surface area contributed by atoms with E-state index in [2.05, 4.69) is 11.9 Å². The molecule has 1 aliphatic rings. The summed E-state index contributed by atoms with van der Waals surface area (Å²) in [5.74, 6) is 1.33. The predicted molar refractivity (Wildman–Crippen MR) is 92.1 cm³/mol. The first kappa shape index (κ1) is 16.0. The van der Waals surface area contributed by atoms with E-state index in [1.165, 1.54) is 16.1 Å². The molecule has 0 spiro atoms. The van der Waals surface area contributed by atoms with Gasteiger partial charge >= 0.3 is 0 Å². The minimum Gasteiger partial charge on any atom is -0.484 e. The number of aromatic nitrogens is 1. The van der Waals surface area contributed by atoms with E-state index < -0.39 is 0 Å². The summed E-state index contributed by atoms with van der Waals surface area (Å²) in [6.07, 6.45) is 3.83. The van der Waals surface area contributed by atoms with Gasteiger partial charge in [-0.2, -0.15) is 0 Å². The summed E-state index contributed by atoms with van der Waals surface area (Å²) in [6.45, 7) is 5.81. The van der Waals surface area contributed by atoms with Gasteiger partial charge in [-0.3, -0.25) is 4.79 Å². The molecule has 0 saturated carbocycles. The molecule has 0 aliphatic carbocycles. The molecule has 0 unspecified atom stereocenters. The van der Waals surface area contributed by atoms with Crippen LogP contribution in [-0.4, -0.2) is 35.5 Å². The van der Waals surface area contributed by atoms with Gasteiger partial charge in [0.15, 0.2) is 6.61 Å². The summed E-state index contributed by atoms with van der Waals surface area (Å²) >= 11 is 1.71. The highest BCUT2D eigenvalue weighted by molar-refractivity contribution is 7.09. The average molecular weight is 330 g/mol. The minimum absolute atomic E-state index is 0.0702. The number of amides is 1. The van der Waals surface area contributed by atoms with Crippen LogP contribution in [0.25, 0.3) is 0 Å². The van der Waals surface area contributed by atoms with Crippen LogP contribution in [0.1, 0.15) is 34.9 Å². The lowest BCUT2D eigenvalue weighted by Crippen LogP contribution is -2.40. The molecule has 1 aliphatic heterocycles. The zero-order valence-corrected chi connectivity index (χ0v) is 14.4. The maximum atomic E-state index is 12.3. The lowest BCUT2D eigenvalue weighted by Gasteiger charge is -2.31. The molecule has 2 aromatic rings. The number of nitrogens with zero attached hydrogens (tertiary/aromatic N) is 2. The molecule has 0 radical (unpaired) electrons. The summed E-state index contributed by atoms with van der Waals surface area (Å²) in [7, 11) is 0. The van der Waals surface area contributed by atoms with Gasteiger partial charge in [0.05, 0.1) is 5.01 Å². The Labute approximate surface area is 141 Å². The van der Waals surface area contributed by atoms with Gasteiger partial charge in [-0.1, -0.05) is 6.07 Å². The van der Waals surface area contributed by atoms with Gasteiger partial charge in [-0.25, -0.2) is 4.98 Å². The maximum Gasteiger partial charge on any atom is 0.260 e. The van der Waals surface area contributed by atoms with Gasteiger partial charge in [0.1, 0.15) is 5.75 Å². The summed E-state index contributed by atoms with van der Waals surface area (Å²) in [6, 6.07) is 5.93. The van der Waals surface area contributed by atoms with Crippen molar-refractivity contribution in [3.63, 3.8) is 0 Å². The lowest BCUT2D eigenvalue weighted by molar-refractivity contribution is -0.134. The van der Waals surface area contributed by atoms with Crippen LogP contribution in [0.2, 0.25) is 0 Å². The summed E-state index contributed by atoms with van der Waals surface area (Å²) in [5, 5.41) is 3.22. The highest BCUT2D eigenvalue weighted by Crippen LogP contribution is 2.29. The van der Waals surface area contributed by atoms with Crippen LogP contribution in [0.4, 0.5) is 0 Å². The number of aryl methyl sites for hydroxylation is 2.